The van der Waals surface area contributed by atoms with Crippen LogP contribution in [0.15, 0.2) is 108 Å². The van der Waals surface area contributed by atoms with Gasteiger partial charge in [-0.3, -0.25) is 0 Å². The first-order valence-corrected chi connectivity index (χ1v) is 9.99. The van der Waals surface area contributed by atoms with Crippen LogP contribution < -0.4 is 15.4 Å². The van der Waals surface area contributed by atoms with Crippen molar-refractivity contribution < 1.29 is 14.3 Å². The van der Waals surface area contributed by atoms with Gasteiger partial charge in [-0.1, -0.05) is 48.5 Å². The number of nitrogens with zero attached hydrogens (tertiary/aromatic N) is 2. The van der Waals surface area contributed by atoms with Crippen LogP contribution in [0.1, 0.15) is 11.5 Å². The molecule has 0 spiro atoms. The Morgan fingerprint density at radius 2 is 1.53 bits per heavy atom. The molecule has 6 nitrogen and oxygen atoms in total. The first kappa shape index (κ1) is 20.8. The summed E-state index contributed by atoms with van der Waals surface area (Å²) in [5.74, 6) is 0.506. The number of hydrogen-bond donors (Lipinski definition) is 1. The van der Waals surface area contributed by atoms with E-state index >= 15 is 0 Å². The van der Waals surface area contributed by atoms with Crippen molar-refractivity contribution >= 4 is 11.7 Å². The third kappa shape index (κ3) is 4.05. The van der Waals surface area contributed by atoms with Crippen molar-refractivity contribution in [2.45, 2.75) is 5.92 Å². The van der Waals surface area contributed by atoms with Crippen LogP contribution in [0.5, 0.6) is 11.5 Å². The number of nitriles is 1. The smallest absolute Gasteiger partial charge is 0.336 e. The number of para-hydroxylation sites is 1. The Bertz CT molecular complexity index is 1210. The van der Waals surface area contributed by atoms with E-state index in [9.17, 15) is 10.1 Å². The molecule has 1 aliphatic heterocycles. The third-order valence-corrected chi connectivity index (χ3v) is 5.17. The number of rotatable bonds is 5. The zero-order chi connectivity index (χ0) is 22.5. The molecule has 0 bridgehead atoms. The molecule has 3 aromatic rings. The van der Waals surface area contributed by atoms with Crippen LogP contribution in [-0.2, 0) is 9.53 Å². The van der Waals surface area contributed by atoms with Gasteiger partial charge in [0.15, 0.2) is 0 Å². The lowest BCUT2D eigenvalue weighted by Crippen LogP contribution is -2.33. The second kappa shape index (κ2) is 9.11. The number of allylic oxidation sites excluding steroid dienone is 1. The van der Waals surface area contributed by atoms with Crippen LogP contribution >= 0.6 is 0 Å². The highest BCUT2D eigenvalue weighted by Gasteiger charge is 2.35. The molecular formula is C26H21N3O3. The van der Waals surface area contributed by atoms with Crippen LogP contribution in [0.4, 0.5) is 5.69 Å². The molecule has 4 rings (SSSR count). The molecule has 0 saturated heterocycles. The van der Waals surface area contributed by atoms with Crippen molar-refractivity contribution in [2.75, 3.05) is 12.0 Å². The first-order chi connectivity index (χ1) is 15.6. The van der Waals surface area contributed by atoms with Gasteiger partial charge in [-0.2, -0.15) is 5.26 Å². The molecule has 0 radical (unpaired) electrons. The van der Waals surface area contributed by atoms with Crippen molar-refractivity contribution in [3.63, 3.8) is 0 Å². The van der Waals surface area contributed by atoms with Gasteiger partial charge < -0.3 is 20.1 Å². The van der Waals surface area contributed by atoms with E-state index in [4.69, 9.17) is 15.2 Å². The Morgan fingerprint density at radius 3 is 2.12 bits per heavy atom. The molecule has 0 aliphatic carbocycles. The molecule has 0 fully saturated rings. The lowest BCUT2D eigenvalue weighted by atomic mass is 9.83. The highest BCUT2D eigenvalue weighted by atomic mass is 16.5. The third-order valence-electron chi connectivity index (χ3n) is 5.17. The predicted molar refractivity (Wildman–Crippen MR) is 122 cm³/mol. The van der Waals surface area contributed by atoms with E-state index in [1.165, 1.54) is 7.11 Å². The van der Waals surface area contributed by atoms with Crippen LogP contribution in [0, 0.1) is 11.3 Å². The fraction of sp³-hybridized carbons (Fsp3) is 0.0769. The first-order valence-electron chi connectivity index (χ1n) is 9.99. The van der Waals surface area contributed by atoms with Gasteiger partial charge >= 0.3 is 5.97 Å². The lowest BCUT2D eigenvalue weighted by molar-refractivity contribution is -0.136. The number of carbonyl (C=O) groups excluding carboxylic acids is 1. The molecular weight excluding hydrogens is 402 g/mol. The lowest BCUT2D eigenvalue weighted by Gasteiger charge is -2.32. The van der Waals surface area contributed by atoms with Gasteiger partial charge in [-0.15, -0.1) is 0 Å². The molecule has 1 atom stereocenters. The van der Waals surface area contributed by atoms with Gasteiger partial charge in [-0.05, 0) is 42.0 Å². The normalized spacial score (nSPS) is 15.6. The summed E-state index contributed by atoms with van der Waals surface area (Å²) in [6.45, 7) is 0. The van der Waals surface area contributed by atoms with E-state index in [0.29, 0.717) is 17.0 Å². The molecule has 0 aromatic heterocycles. The number of ether oxygens (including phenoxy) is 2. The van der Waals surface area contributed by atoms with E-state index < -0.39 is 11.9 Å². The van der Waals surface area contributed by atoms with E-state index in [1.54, 1.807) is 23.2 Å². The zero-order valence-electron chi connectivity index (χ0n) is 17.4. The zero-order valence-corrected chi connectivity index (χ0v) is 17.4. The summed E-state index contributed by atoms with van der Waals surface area (Å²) in [5.41, 5.74) is 8.49. The average Bonchev–Trinajstić information content (AvgIpc) is 2.85. The summed E-state index contributed by atoms with van der Waals surface area (Å²) in [4.78, 5) is 14.3. The summed E-state index contributed by atoms with van der Waals surface area (Å²) < 4.78 is 10.9. The second-order valence-corrected chi connectivity index (χ2v) is 7.11. The van der Waals surface area contributed by atoms with Gasteiger partial charge in [0.1, 0.15) is 17.3 Å². The van der Waals surface area contributed by atoms with Crippen molar-refractivity contribution in [1.82, 2.24) is 0 Å². The van der Waals surface area contributed by atoms with E-state index in [0.717, 1.165) is 11.3 Å². The maximum Gasteiger partial charge on any atom is 0.336 e. The molecule has 158 valence electrons. The summed E-state index contributed by atoms with van der Waals surface area (Å²) in [7, 11) is 1.32. The molecule has 2 N–H and O–H groups in total. The second-order valence-electron chi connectivity index (χ2n) is 7.11. The van der Waals surface area contributed by atoms with Crippen molar-refractivity contribution in [1.29, 1.82) is 5.26 Å². The highest BCUT2D eigenvalue weighted by Crippen LogP contribution is 2.39. The SMILES string of the molecule is COC(=O)C1=CN(c2ccc(Oc3ccccc3)cc2)C(N)=C(C#N)C1c1ccccc1. The van der Waals surface area contributed by atoms with E-state index in [1.807, 2.05) is 72.8 Å². The van der Waals surface area contributed by atoms with E-state index in [2.05, 4.69) is 6.07 Å². The number of methoxy groups -OCH3 is 1. The molecule has 0 saturated carbocycles. The maximum absolute atomic E-state index is 12.6. The van der Waals surface area contributed by atoms with Crippen LogP contribution in [0.2, 0.25) is 0 Å². The largest absolute Gasteiger partial charge is 0.466 e. The molecule has 6 heteroatoms. The van der Waals surface area contributed by atoms with Crippen LogP contribution in [0.3, 0.4) is 0 Å². The molecule has 1 heterocycles. The number of benzene rings is 3. The topological polar surface area (TPSA) is 88.6 Å². The predicted octanol–water partition coefficient (Wildman–Crippen LogP) is 4.83. The van der Waals surface area contributed by atoms with Crippen molar-refractivity contribution in [3.8, 4) is 17.6 Å². The van der Waals surface area contributed by atoms with E-state index in [-0.39, 0.29) is 11.4 Å². The average molecular weight is 423 g/mol. The summed E-state index contributed by atoms with van der Waals surface area (Å²) in [6.07, 6.45) is 1.63. The van der Waals surface area contributed by atoms with Crippen molar-refractivity contribution in [3.05, 3.63) is 114 Å². The van der Waals surface area contributed by atoms with Gasteiger partial charge in [0.2, 0.25) is 0 Å². The Hall–Kier alpha value is -4.50. The summed E-state index contributed by atoms with van der Waals surface area (Å²) in [6, 6.07) is 28.2. The monoisotopic (exact) mass is 423 g/mol. The van der Waals surface area contributed by atoms with Gasteiger partial charge in [-0.25, -0.2) is 4.79 Å². The van der Waals surface area contributed by atoms with Gasteiger partial charge in [0.25, 0.3) is 0 Å². The summed E-state index contributed by atoms with van der Waals surface area (Å²) in [5, 5.41) is 9.92. The molecule has 3 aromatic carbocycles. The summed E-state index contributed by atoms with van der Waals surface area (Å²) >= 11 is 0. The standard InChI is InChI=1S/C26H21N3O3/c1-31-26(30)23-17-29(25(28)22(16-27)24(23)18-8-4-2-5-9-18)19-12-14-21(15-13-19)32-20-10-6-3-7-11-20/h2-15,17,24H,28H2,1H3. The fourth-order valence-corrected chi connectivity index (χ4v) is 3.63. The molecule has 1 aliphatic rings. The minimum Gasteiger partial charge on any atom is -0.466 e. The molecule has 32 heavy (non-hydrogen) atoms. The van der Waals surface area contributed by atoms with Crippen LogP contribution in [0.25, 0.3) is 0 Å². The molecule has 0 amide bonds. The van der Waals surface area contributed by atoms with Crippen molar-refractivity contribution in [2.24, 2.45) is 5.73 Å². The number of carbonyl (C=O) groups is 1. The number of nitrogens with two attached hydrogens (primary N) is 1. The quantitative estimate of drug-likeness (QED) is 0.591. The van der Waals surface area contributed by atoms with Gasteiger partial charge in [0.05, 0.1) is 30.2 Å². The fourth-order valence-electron chi connectivity index (χ4n) is 3.63. The Kier molecular flexibility index (Phi) is 5.91. The minimum absolute atomic E-state index is 0.255. The van der Waals surface area contributed by atoms with Gasteiger partial charge in [0, 0.05) is 11.9 Å². The Balaban J connectivity index is 1.71. The number of anilines is 1. The number of esters is 1. The Labute approximate surface area is 186 Å². The van der Waals surface area contributed by atoms with Crippen LogP contribution in [-0.4, -0.2) is 13.1 Å². The Morgan fingerprint density at radius 1 is 0.938 bits per heavy atom. The highest BCUT2D eigenvalue weighted by molar-refractivity contribution is 5.93. The minimum atomic E-state index is -0.606. The molecule has 1 unspecified atom stereocenters. The maximum atomic E-state index is 12.6. The number of hydrogen-bond acceptors (Lipinski definition) is 6.